The van der Waals surface area contributed by atoms with Gasteiger partial charge in [0.05, 0.1) is 0 Å². The second-order valence-corrected chi connectivity index (χ2v) is 1.92. The molecule has 0 radical (unpaired) electrons. The Morgan fingerprint density at radius 3 is 2.64 bits per heavy atom. The van der Waals surface area contributed by atoms with E-state index in [9.17, 15) is 14.9 Å². The molecule has 0 saturated carbocycles. The zero-order valence-corrected chi connectivity index (χ0v) is 6.02. The number of nitrogens with zero attached hydrogens (tertiary/aromatic N) is 1. The zero-order valence-electron chi connectivity index (χ0n) is 6.02. The molecule has 6 heteroatoms. The van der Waals surface area contributed by atoms with Gasteiger partial charge in [-0.25, -0.2) is 0 Å². The van der Waals surface area contributed by atoms with Gasteiger partial charge >= 0.3 is 5.97 Å². The van der Waals surface area contributed by atoms with Crippen molar-refractivity contribution in [2.24, 2.45) is 0 Å². The molecule has 0 aromatic rings. The second kappa shape index (κ2) is 4.62. The molecule has 0 aliphatic carbocycles. The summed E-state index contributed by atoms with van der Waals surface area (Å²) in [5.74, 6) is -0.592. The standard InChI is InChI=1S/C5H9NO5/c1-4(8)11-3-5(2-7)6(9)10/h5,7H,2-3H2,1H3. The number of hydrogen-bond donors (Lipinski definition) is 1. The fraction of sp³-hybridized carbons (Fsp3) is 0.800. The van der Waals surface area contributed by atoms with Gasteiger partial charge in [-0.2, -0.15) is 0 Å². The van der Waals surface area contributed by atoms with E-state index in [1.165, 1.54) is 0 Å². The van der Waals surface area contributed by atoms with Crippen LogP contribution in [0.4, 0.5) is 0 Å². The molecule has 0 amide bonds. The van der Waals surface area contributed by atoms with Gasteiger partial charge < -0.3 is 9.84 Å². The molecule has 0 aromatic carbocycles. The first-order valence-electron chi connectivity index (χ1n) is 2.95. The molecule has 0 bridgehead atoms. The fourth-order valence-corrected chi connectivity index (χ4v) is 0.394. The largest absolute Gasteiger partial charge is 0.458 e. The summed E-state index contributed by atoms with van der Waals surface area (Å²) in [6, 6.07) is -1.21. The Morgan fingerprint density at radius 2 is 2.36 bits per heavy atom. The smallest absolute Gasteiger partial charge is 0.302 e. The SMILES string of the molecule is CC(=O)OCC(CO)[N+](=O)[O-]. The van der Waals surface area contributed by atoms with Crippen molar-refractivity contribution in [1.82, 2.24) is 0 Å². The second-order valence-electron chi connectivity index (χ2n) is 1.92. The van der Waals surface area contributed by atoms with Crippen molar-refractivity contribution in [3.8, 4) is 0 Å². The highest BCUT2D eigenvalue weighted by molar-refractivity contribution is 5.65. The van der Waals surface area contributed by atoms with E-state index in [-0.39, 0.29) is 6.61 Å². The van der Waals surface area contributed by atoms with Gasteiger partial charge in [-0.15, -0.1) is 0 Å². The lowest BCUT2D eigenvalue weighted by Crippen LogP contribution is -2.29. The summed E-state index contributed by atoms with van der Waals surface area (Å²) >= 11 is 0. The first-order chi connectivity index (χ1) is 5.07. The van der Waals surface area contributed by atoms with Gasteiger partial charge in [-0.05, 0) is 0 Å². The van der Waals surface area contributed by atoms with Gasteiger partial charge in [0.15, 0.2) is 6.61 Å². The molecule has 0 aromatic heterocycles. The van der Waals surface area contributed by atoms with Gasteiger partial charge in [0.1, 0.15) is 6.61 Å². The summed E-state index contributed by atoms with van der Waals surface area (Å²) in [7, 11) is 0. The van der Waals surface area contributed by atoms with E-state index in [2.05, 4.69) is 4.74 Å². The molecule has 0 aliphatic heterocycles. The summed E-state index contributed by atoms with van der Waals surface area (Å²) in [4.78, 5) is 19.5. The molecule has 1 unspecified atom stereocenters. The van der Waals surface area contributed by atoms with Crippen LogP contribution in [0, 0.1) is 10.1 Å². The zero-order chi connectivity index (χ0) is 8.85. The average molecular weight is 163 g/mol. The number of esters is 1. The van der Waals surface area contributed by atoms with Crippen molar-refractivity contribution < 1.29 is 19.6 Å². The van der Waals surface area contributed by atoms with Crippen LogP contribution in [0.15, 0.2) is 0 Å². The molecule has 1 N–H and O–H groups in total. The Balaban J connectivity index is 3.70. The first kappa shape index (κ1) is 9.83. The Labute approximate surface area is 62.9 Å². The highest BCUT2D eigenvalue weighted by atomic mass is 16.6. The minimum atomic E-state index is -1.21. The molecule has 6 nitrogen and oxygen atoms in total. The maximum atomic E-state index is 10.2. The molecule has 0 fully saturated rings. The van der Waals surface area contributed by atoms with Crippen LogP contribution in [-0.2, 0) is 9.53 Å². The van der Waals surface area contributed by atoms with Crippen molar-refractivity contribution in [3.05, 3.63) is 10.1 Å². The minimum Gasteiger partial charge on any atom is -0.458 e. The first-order valence-corrected chi connectivity index (χ1v) is 2.95. The van der Waals surface area contributed by atoms with Crippen molar-refractivity contribution >= 4 is 5.97 Å². The predicted octanol–water partition coefficient (Wildman–Crippen LogP) is -0.813. The molecule has 1 atom stereocenters. The van der Waals surface area contributed by atoms with Gasteiger partial charge in [0, 0.05) is 11.8 Å². The van der Waals surface area contributed by atoms with Crippen molar-refractivity contribution in [2.75, 3.05) is 13.2 Å². The summed E-state index contributed by atoms with van der Waals surface area (Å²) in [5.41, 5.74) is 0. The van der Waals surface area contributed by atoms with Crippen LogP contribution in [0.1, 0.15) is 6.92 Å². The highest BCUT2D eigenvalue weighted by Gasteiger charge is 2.19. The highest BCUT2D eigenvalue weighted by Crippen LogP contribution is 1.90. The van der Waals surface area contributed by atoms with E-state index < -0.39 is 23.5 Å². The lowest BCUT2D eigenvalue weighted by molar-refractivity contribution is -0.528. The number of aliphatic hydroxyl groups excluding tert-OH is 1. The van der Waals surface area contributed by atoms with Crippen LogP contribution >= 0.6 is 0 Å². The van der Waals surface area contributed by atoms with Crippen LogP contribution < -0.4 is 0 Å². The number of ether oxygens (including phenoxy) is 1. The summed E-state index contributed by atoms with van der Waals surface area (Å²) in [5, 5.41) is 18.4. The monoisotopic (exact) mass is 163 g/mol. The van der Waals surface area contributed by atoms with E-state index in [1.54, 1.807) is 0 Å². The van der Waals surface area contributed by atoms with E-state index in [1.807, 2.05) is 0 Å². The summed E-state index contributed by atoms with van der Waals surface area (Å²) < 4.78 is 4.32. The summed E-state index contributed by atoms with van der Waals surface area (Å²) in [6.07, 6.45) is 0. The normalized spacial score (nSPS) is 12.2. The number of hydrogen-bond acceptors (Lipinski definition) is 5. The molecule has 0 spiro atoms. The van der Waals surface area contributed by atoms with Gasteiger partial charge in [-0.1, -0.05) is 0 Å². The summed E-state index contributed by atoms with van der Waals surface area (Å²) in [6.45, 7) is 0.146. The van der Waals surface area contributed by atoms with Gasteiger partial charge in [0.25, 0.3) is 6.04 Å². The molecule has 64 valence electrons. The molecule has 0 heterocycles. The third-order valence-corrected chi connectivity index (χ3v) is 0.988. The molecule has 0 aliphatic rings. The quantitative estimate of drug-likeness (QED) is 0.332. The van der Waals surface area contributed by atoms with Crippen LogP contribution in [0.3, 0.4) is 0 Å². The number of carbonyl (C=O) groups excluding carboxylic acids is 1. The lowest BCUT2D eigenvalue weighted by atomic mass is 10.4. The number of carbonyl (C=O) groups is 1. The van der Waals surface area contributed by atoms with Crippen LogP contribution in [0.5, 0.6) is 0 Å². The van der Waals surface area contributed by atoms with Crippen LogP contribution in [0.25, 0.3) is 0 Å². The van der Waals surface area contributed by atoms with E-state index in [0.717, 1.165) is 6.92 Å². The molecule has 0 rings (SSSR count). The van der Waals surface area contributed by atoms with E-state index >= 15 is 0 Å². The predicted molar refractivity (Wildman–Crippen MR) is 34.5 cm³/mol. The van der Waals surface area contributed by atoms with E-state index in [4.69, 9.17) is 5.11 Å². The Hall–Kier alpha value is -1.17. The Morgan fingerprint density at radius 1 is 1.82 bits per heavy atom. The van der Waals surface area contributed by atoms with Crippen molar-refractivity contribution in [2.45, 2.75) is 13.0 Å². The fourth-order valence-electron chi connectivity index (χ4n) is 0.394. The maximum Gasteiger partial charge on any atom is 0.302 e. The maximum absolute atomic E-state index is 10.2. The third-order valence-electron chi connectivity index (χ3n) is 0.988. The minimum absolute atomic E-state index is 0.376. The molecular weight excluding hydrogens is 154 g/mol. The topological polar surface area (TPSA) is 89.7 Å². The van der Waals surface area contributed by atoms with E-state index in [0.29, 0.717) is 0 Å². The number of aliphatic hydroxyl groups is 1. The van der Waals surface area contributed by atoms with Crippen LogP contribution in [-0.4, -0.2) is 35.3 Å². The third kappa shape index (κ3) is 4.26. The molecule has 0 saturated heterocycles. The van der Waals surface area contributed by atoms with Crippen molar-refractivity contribution in [3.63, 3.8) is 0 Å². The Bertz CT molecular complexity index is 157. The molecule has 11 heavy (non-hydrogen) atoms. The molecular formula is C5H9NO5. The average Bonchev–Trinajstić information content (AvgIpc) is 1.87. The lowest BCUT2D eigenvalue weighted by Gasteiger charge is -2.04. The van der Waals surface area contributed by atoms with Gasteiger partial charge in [-0.3, -0.25) is 14.9 Å². The van der Waals surface area contributed by atoms with Crippen LogP contribution in [0.2, 0.25) is 0 Å². The Kier molecular flexibility index (Phi) is 4.12. The number of nitro groups is 1. The number of rotatable bonds is 4. The van der Waals surface area contributed by atoms with Gasteiger partial charge in [0.2, 0.25) is 0 Å². The van der Waals surface area contributed by atoms with Crippen molar-refractivity contribution in [1.29, 1.82) is 0 Å².